The quantitative estimate of drug-likeness (QED) is 0.395. The third-order valence-corrected chi connectivity index (χ3v) is 5.76. The summed E-state index contributed by atoms with van der Waals surface area (Å²) >= 11 is 0. The van der Waals surface area contributed by atoms with E-state index in [4.69, 9.17) is 4.74 Å². The molecule has 1 saturated heterocycles. The molecule has 2 N–H and O–H groups in total. The molecule has 182 valence electrons. The summed E-state index contributed by atoms with van der Waals surface area (Å²) in [5.41, 5.74) is 3.89. The zero-order chi connectivity index (χ0) is 24.2. The van der Waals surface area contributed by atoms with Gasteiger partial charge in [-0.25, -0.2) is 4.79 Å². The normalized spacial score (nSPS) is 13.8. The molecule has 7 heteroatoms. The van der Waals surface area contributed by atoms with E-state index in [1.165, 1.54) is 0 Å². The number of carbonyl (C=O) groups is 2. The summed E-state index contributed by atoms with van der Waals surface area (Å²) in [6, 6.07) is 15.5. The maximum absolute atomic E-state index is 12.8. The van der Waals surface area contributed by atoms with Gasteiger partial charge in [-0.3, -0.25) is 14.6 Å². The number of amides is 3. The Morgan fingerprint density at radius 1 is 1.09 bits per heavy atom. The number of rotatable bonds is 11. The molecule has 2 aromatic carbocycles. The number of carbonyl (C=O) groups excluding carboxylic acids is 2. The minimum Gasteiger partial charge on any atom is -0.379 e. The lowest BCUT2D eigenvalue weighted by Gasteiger charge is -2.26. The van der Waals surface area contributed by atoms with E-state index in [1.807, 2.05) is 49.4 Å². The minimum atomic E-state index is -0.188. The molecule has 0 bridgehead atoms. The van der Waals surface area contributed by atoms with Crippen molar-refractivity contribution >= 4 is 17.6 Å². The number of nitrogens with one attached hydrogen (secondary N) is 2. The van der Waals surface area contributed by atoms with Crippen LogP contribution in [0.1, 0.15) is 23.1 Å². The fraction of sp³-hybridized carbons (Fsp3) is 0.407. The number of morpholine rings is 1. The predicted molar refractivity (Wildman–Crippen MR) is 136 cm³/mol. The molecule has 0 spiro atoms. The van der Waals surface area contributed by atoms with Crippen molar-refractivity contribution in [3.8, 4) is 0 Å². The first-order chi connectivity index (χ1) is 16.5. The predicted octanol–water partition coefficient (Wildman–Crippen LogP) is 3.28. The summed E-state index contributed by atoms with van der Waals surface area (Å²) in [6.07, 6.45) is 2.90. The summed E-state index contributed by atoms with van der Waals surface area (Å²) in [4.78, 5) is 29.2. The Morgan fingerprint density at radius 3 is 2.56 bits per heavy atom. The SMILES string of the molecule is C=CCNC(=O)N(Cc1cccc(C)c1)c1ccc(CC(=O)NCCCN2CCOCC2)cc1. The van der Waals surface area contributed by atoms with Gasteiger partial charge in [-0.1, -0.05) is 48.0 Å². The minimum absolute atomic E-state index is 0.00932. The summed E-state index contributed by atoms with van der Waals surface area (Å²) in [5.74, 6) is 0.00932. The number of anilines is 1. The van der Waals surface area contributed by atoms with Gasteiger partial charge in [0.25, 0.3) is 0 Å². The molecule has 1 aliphatic heterocycles. The first-order valence-electron chi connectivity index (χ1n) is 11.9. The highest BCUT2D eigenvalue weighted by Crippen LogP contribution is 2.19. The van der Waals surface area contributed by atoms with Gasteiger partial charge in [0.05, 0.1) is 26.2 Å². The number of ether oxygens (including phenoxy) is 1. The van der Waals surface area contributed by atoms with Crippen LogP contribution in [-0.4, -0.2) is 62.8 Å². The highest BCUT2D eigenvalue weighted by atomic mass is 16.5. The Hall–Kier alpha value is -3.16. The third-order valence-electron chi connectivity index (χ3n) is 5.76. The van der Waals surface area contributed by atoms with E-state index in [1.54, 1.807) is 11.0 Å². The van der Waals surface area contributed by atoms with Gasteiger partial charge in [0.2, 0.25) is 5.91 Å². The van der Waals surface area contributed by atoms with Crippen molar-refractivity contribution in [1.29, 1.82) is 0 Å². The molecule has 7 nitrogen and oxygen atoms in total. The van der Waals surface area contributed by atoms with Gasteiger partial charge in [-0.05, 0) is 43.1 Å². The van der Waals surface area contributed by atoms with Crippen LogP contribution in [0.2, 0.25) is 0 Å². The van der Waals surface area contributed by atoms with Gasteiger partial charge < -0.3 is 15.4 Å². The molecule has 34 heavy (non-hydrogen) atoms. The molecule has 0 atom stereocenters. The van der Waals surface area contributed by atoms with Crippen LogP contribution < -0.4 is 15.5 Å². The second kappa shape index (κ2) is 13.5. The Morgan fingerprint density at radius 2 is 1.85 bits per heavy atom. The lowest BCUT2D eigenvalue weighted by Crippen LogP contribution is -2.39. The van der Waals surface area contributed by atoms with Crippen LogP contribution in [0.25, 0.3) is 0 Å². The average Bonchev–Trinajstić information content (AvgIpc) is 2.85. The molecule has 3 rings (SSSR count). The van der Waals surface area contributed by atoms with Gasteiger partial charge in [0.1, 0.15) is 0 Å². The van der Waals surface area contributed by atoms with E-state index in [9.17, 15) is 9.59 Å². The van der Waals surface area contributed by atoms with Crippen LogP contribution in [0.5, 0.6) is 0 Å². The van der Waals surface area contributed by atoms with Crippen LogP contribution in [0.4, 0.5) is 10.5 Å². The zero-order valence-electron chi connectivity index (χ0n) is 20.1. The number of nitrogens with zero attached hydrogens (tertiary/aromatic N) is 2. The van der Waals surface area contributed by atoms with Crippen LogP contribution in [0.15, 0.2) is 61.2 Å². The summed E-state index contributed by atoms with van der Waals surface area (Å²) in [7, 11) is 0. The van der Waals surface area contributed by atoms with E-state index >= 15 is 0 Å². The summed E-state index contributed by atoms with van der Waals surface area (Å²) < 4.78 is 5.36. The Balaban J connectivity index is 1.54. The third kappa shape index (κ3) is 8.32. The number of urea groups is 1. The molecule has 1 aliphatic rings. The lowest BCUT2D eigenvalue weighted by atomic mass is 10.1. The van der Waals surface area contributed by atoms with E-state index in [-0.39, 0.29) is 11.9 Å². The standard InChI is InChI=1S/C27H36N4O3/c1-3-12-29-27(33)31(21-24-7-4-6-22(2)19-24)25-10-8-23(9-11-25)20-26(32)28-13-5-14-30-15-17-34-18-16-30/h3-4,6-11,19H,1,5,12-18,20-21H2,2H3,(H,28,32)(H,29,33). The van der Waals surface area contributed by atoms with Gasteiger partial charge in [0, 0.05) is 31.9 Å². The second-order valence-corrected chi connectivity index (χ2v) is 8.55. The highest BCUT2D eigenvalue weighted by molar-refractivity contribution is 5.92. The fourth-order valence-electron chi connectivity index (χ4n) is 3.93. The van der Waals surface area contributed by atoms with Crippen molar-refractivity contribution in [2.75, 3.05) is 50.8 Å². The molecule has 0 aliphatic carbocycles. The number of benzene rings is 2. The van der Waals surface area contributed by atoms with Crippen LogP contribution >= 0.6 is 0 Å². The molecular weight excluding hydrogens is 428 g/mol. The van der Waals surface area contributed by atoms with Crippen LogP contribution in [0, 0.1) is 6.92 Å². The topological polar surface area (TPSA) is 73.9 Å². The maximum Gasteiger partial charge on any atom is 0.322 e. The smallest absolute Gasteiger partial charge is 0.322 e. The monoisotopic (exact) mass is 464 g/mol. The van der Waals surface area contributed by atoms with E-state index in [0.29, 0.717) is 26.1 Å². The van der Waals surface area contributed by atoms with Crippen molar-refractivity contribution in [1.82, 2.24) is 15.5 Å². The molecule has 1 heterocycles. The molecule has 1 fully saturated rings. The van der Waals surface area contributed by atoms with Crippen molar-refractivity contribution in [3.05, 3.63) is 77.9 Å². The average molecular weight is 465 g/mol. The fourth-order valence-corrected chi connectivity index (χ4v) is 3.93. The lowest BCUT2D eigenvalue weighted by molar-refractivity contribution is -0.120. The summed E-state index contributed by atoms with van der Waals surface area (Å²) in [5, 5.41) is 5.87. The Bertz CT molecular complexity index is 939. The van der Waals surface area contributed by atoms with E-state index in [2.05, 4.69) is 28.2 Å². The van der Waals surface area contributed by atoms with Gasteiger partial charge in [0.15, 0.2) is 0 Å². The first kappa shape index (κ1) is 25.5. The largest absolute Gasteiger partial charge is 0.379 e. The molecule has 0 saturated carbocycles. The van der Waals surface area contributed by atoms with Gasteiger partial charge in [-0.15, -0.1) is 6.58 Å². The zero-order valence-corrected chi connectivity index (χ0v) is 20.1. The molecule has 0 radical (unpaired) electrons. The second-order valence-electron chi connectivity index (χ2n) is 8.55. The number of aryl methyl sites for hydroxylation is 1. The number of hydrogen-bond acceptors (Lipinski definition) is 4. The summed E-state index contributed by atoms with van der Waals surface area (Å²) in [6.45, 7) is 11.7. The van der Waals surface area contributed by atoms with Crippen molar-refractivity contribution < 1.29 is 14.3 Å². The highest BCUT2D eigenvalue weighted by Gasteiger charge is 2.16. The maximum atomic E-state index is 12.8. The van der Waals surface area contributed by atoms with E-state index < -0.39 is 0 Å². The Kier molecular flexibility index (Phi) is 10.1. The van der Waals surface area contributed by atoms with Crippen LogP contribution in [-0.2, 0) is 22.5 Å². The number of hydrogen-bond donors (Lipinski definition) is 2. The van der Waals surface area contributed by atoms with Gasteiger partial charge in [-0.2, -0.15) is 0 Å². The van der Waals surface area contributed by atoms with Crippen LogP contribution in [0.3, 0.4) is 0 Å². The van der Waals surface area contributed by atoms with Crippen molar-refractivity contribution in [3.63, 3.8) is 0 Å². The van der Waals surface area contributed by atoms with Gasteiger partial charge >= 0.3 is 6.03 Å². The molecular formula is C27H36N4O3. The molecule has 2 aromatic rings. The first-order valence-corrected chi connectivity index (χ1v) is 11.9. The Labute approximate surface area is 202 Å². The molecule has 0 unspecified atom stereocenters. The van der Waals surface area contributed by atoms with Crippen molar-refractivity contribution in [2.45, 2.75) is 26.3 Å². The van der Waals surface area contributed by atoms with E-state index in [0.717, 1.165) is 61.6 Å². The molecule has 0 aromatic heterocycles. The van der Waals surface area contributed by atoms with Crippen molar-refractivity contribution in [2.24, 2.45) is 0 Å². The molecule has 3 amide bonds.